The SMILES string of the molecule is CCc1ccc(C(C)N2CCOCC2CC(=O)O)s1. The molecule has 5 heteroatoms. The zero-order valence-electron chi connectivity index (χ0n) is 11.5. The van der Waals surface area contributed by atoms with Crippen LogP contribution in [0.4, 0.5) is 0 Å². The van der Waals surface area contributed by atoms with Crippen LogP contribution in [0, 0.1) is 0 Å². The van der Waals surface area contributed by atoms with Crippen LogP contribution < -0.4 is 0 Å². The quantitative estimate of drug-likeness (QED) is 0.902. The van der Waals surface area contributed by atoms with E-state index in [0.29, 0.717) is 13.2 Å². The van der Waals surface area contributed by atoms with Crippen LogP contribution in [-0.4, -0.2) is 41.8 Å². The molecule has 2 unspecified atom stereocenters. The summed E-state index contributed by atoms with van der Waals surface area (Å²) in [6, 6.07) is 4.58. The Hall–Kier alpha value is -0.910. The molecule has 0 aromatic carbocycles. The number of morpholine rings is 1. The van der Waals surface area contributed by atoms with Gasteiger partial charge in [0.25, 0.3) is 0 Å². The lowest BCUT2D eigenvalue weighted by molar-refractivity contribution is -0.140. The monoisotopic (exact) mass is 283 g/mol. The fourth-order valence-corrected chi connectivity index (χ4v) is 3.55. The molecule has 0 aliphatic carbocycles. The third kappa shape index (κ3) is 3.55. The maximum atomic E-state index is 10.9. The standard InChI is InChI=1S/C14H21NO3S/c1-3-12-4-5-13(19-12)10(2)15-6-7-18-9-11(15)8-14(16)17/h4-5,10-11H,3,6-9H2,1-2H3,(H,16,17). The van der Waals surface area contributed by atoms with Gasteiger partial charge in [0.05, 0.1) is 19.6 Å². The average molecular weight is 283 g/mol. The van der Waals surface area contributed by atoms with E-state index in [2.05, 4.69) is 30.9 Å². The molecule has 4 nitrogen and oxygen atoms in total. The number of aryl methyl sites for hydroxylation is 1. The van der Waals surface area contributed by atoms with E-state index in [9.17, 15) is 4.79 Å². The number of hydrogen-bond acceptors (Lipinski definition) is 4. The molecule has 0 spiro atoms. The van der Waals surface area contributed by atoms with Crippen LogP contribution in [0.1, 0.15) is 36.1 Å². The second-order valence-electron chi connectivity index (χ2n) is 4.90. The van der Waals surface area contributed by atoms with Gasteiger partial charge in [-0.15, -0.1) is 11.3 Å². The van der Waals surface area contributed by atoms with Crippen LogP contribution in [0.5, 0.6) is 0 Å². The van der Waals surface area contributed by atoms with Gasteiger partial charge in [-0.25, -0.2) is 0 Å². The molecule has 19 heavy (non-hydrogen) atoms. The highest BCUT2D eigenvalue weighted by atomic mass is 32.1. The first-order chi connectivity index (χ1) is 9.11. The first-order valence-electron chi connectivity index (χ1n) is 6.75. The van der Waals surface area contributed by atoms with Crippen molar-refractivity contribution in [3.8, 4) is 0 Å². The molecule has 1 N–H and O–H groups in total. The Bertz CT molecular complexity index is 432. The lowest BCUT2D eigenvalue weighted by atomic mass is 10.1. The Morgan fingerprint density at radius 3 is 3.05 bits per heavy atom. The minimum atomic E-state index is -0.756. The molecule has 0 radical (unpaired) electrons. The smallest absolute Gasteiger partial charge is 0.305 e. The van der Waals surface area contributed by atoms with E-state index >= 15 is 0 Å². The van der Waals surface area contributed by atoms with E-state index in [1.165, 1.54) is 9.75 Å². The summed E-state index contributed by atoms with van der Waals surface area (Å²) in [6.45, 7) is 6.32. The summed E-state index contributed by atoms with van der Waals surface area (Å²) in [4.78, 5) is 15.9. The molecule has 106 valence electrons. The third-order valence-electron chi connectivity index (χ3n) is 3.62. The lowest BCUT2D eigenvalue weighted by Gasteiger charge is -2.38. The van der Waals surface area contributed by atoms with Crippen molar-refractivity contribution < 1.29 is 14.6 Å². The fraction of sp³-hybridized carbons (Fsp3) is 0.643. The van der Waals surface area contributed by atoms with Gasteiger partial charge in [0.15, 0.2) is 0 Å². The number of nitrogens with zero attached hydrogens (tertiary/aromatic N) is 1. The summed E-state index contributed by atoms with van der Waals surface area (Å²) >= 11 is 1.83. The number of carbonyl (C=O) groups is 1. The van der Waals surface area contributed by atoms with Gasteiger partial charge < -0.3 is 9.84 Å². The van der Waals surface area contributed by atoms with Crippen LogP contribution in [0.3, 0.4) is 0 Å². The van der Waals surface area contributed by atoms with E-state index in [4.69, 9.17) is 9.84 Å². The minimum absolute atomic E-state index is 0.0200. The van der Waals surface area contributed by atoms with E-state index in [1.54, 1.807) is 0 Å². The number of hydrogen-bond donors (Lipinski definition) is 1. The number of aliphatic carboxylic acids is 1. The zero-order valence-corrected chi connectivity index (χ0v) is 12.3. The van der Waals surface area contributed by atoms with Crippen molar-refractivity contribution in [1.29, 1.82) is 0 Å². The molecule has 1 aromatic heterocycles. The van der Waals surface area contributed by atoms with Crippen molar-refractivity contribution in [2.24, 2.45) is 0 Å². The predicted molar refractivity (Wildman–Crippen MR) is 75.7 cm³/mol. The van der Waals surface area contributed by atoms with Gasteiger partial charge in [0.1, 0.15) is 0 Å². The van der Waals surface area contributed by atoms with Crippen molar-refractivity contribution in [1.82, 2.24) is 4.90 Å². The molecule has 1 saturated heterocycles. The second-order valence-corrected chi connectivity index (χ2v) is 6.10. The molecular formula is C14H21NO3S. The average Bonchev–Trinajstić information content (AvgIpc) is 2.86. The van der Waals surface area contributed by atoms with Gasteiger partial charge in [-0.3, -0.25) is 9.69 Å². The molecule has 2 heterocycles. The Balaban J connectivity index is 2.09. The van der Waals surface area contributed by atoms with Gasteiger partial charge in [-0.05, 0) is 25.5 Å². The van der Waals surface area contributed by atoms with Crippen molar-refractivity contribution in [2.75, 3.05) is 19.8 Å². The third-order valence-corrected chi connectivity index (χ3v) is 5.02. The van der Waals surface area contributed by atoms with Crippen LogP contribution in [0.2, 0.25) is 0 Å². The maximum Gasteiger partial charge on any atom is 0.305 e. The Kier molecular flexibility index (Phi) is 4.96. The van der Waals surface area contributed by atoms with Crippen molar-refractivity contribution in [3.05, 3.63) is 21.9 Å². The summed E-state index contributed by atoms with van der Waals surface area (Å²) in [5.74, 6) is -0.756. The molecule has 1 fully saturated rings. The normalized spacial score (nSPS) is 22.3. The van der Waals surface area contributed by atoms with Gasteiger partial charge >= 0.3 is 5.97 Å². The minimum Gasteiger partial charge on any atom is -0.481 e. The first-order valence-corrected chi connectivity index (χ1v) is 7.57. The molecule has 2 rings (SSSR count). The summed E-state index contributed by atoms with van der Waals surface area (Å²) < 4.78 is 5.42. The van der Waals surface area contributed by atoms with Crippen molar-refractivity contribution in [3.63, 3.8) is 0 Å². The van der Waals surface area contributed by atoms with Crippen LogP contribution in [0.25, 0.3) is 0 Å². The van der Waals surface area contributed by atoms with E-state index in [0.717, 1.165) is 13.0 Å². The van der Waals surface area contributed by atoms with Crippen LogP contribution >= 0.6 is 11.3 Å². The lowest BCUT2D eigenvalue weighted by Crippen LogP contribution is -2.47. The number of rotatable bonds is 5. The Morgan fingerprint density at radius 1 is 1.63 bits per heavy atom. The summed E-state index contributed by atoms with van der Waals surface area (Å²) in [5, 5.41) is 9.00. The predicted octanol–water partition coefficient (Wildman–Crippen LogP) is 2.55. The second kappa shape index (κ2) is 6.50. The number of carboxylic acid groups (broad SMARTS) is 1. The highest BCUT2D eigenvalue weighted by Gasteiger charge is 2.30. The Morgan fingerprint density at radius 2 is 2.42 bits per heavy atom. The van der Waals surface area contributed by atoms with E-state index in [1.807, 2.05) is 11.3 Å². The fourth-order valence-electron chi connectivity index (χ4n) is 2.53. The molecule has 2 atom stereocenters. The highest BCUT2D eigenvalue weighted by Crippen LogP contribution is 2.30. The molecule has 1 aliphatic rings. The molecule has 0 saturated carbocycles. The Labute approximate surface area is 118 Å². The van der Waals surface area contributed by atoms with Crippen molar-refractivity contribution >= 4 is 17.3 Å². The summed E-state index contributed by atoms with van der Waals surface area (Å²) in [7, 11) is 0. The molecule has 1 aromatic rings. The number of carboxylic acids is 1. The molecule has 0 amide bonds. The maximum absolute atomic E-state index is 10.9. The molecule has 0 bridgehead atoms. The summed E-state index contributed by atoms with van der Waals surface area (Å²) in [6.07, 6.45) is 1.20. The van der Waals surface area contributed by atoms with Gasteiger partial charge in [-0.2, -0.15) is 0 Å². The first kappa shape index (κ1) is 14.5. The van der Waals surface area contributed by atoms with Gasteiger partial charge in [0.2, 0.25) is 0 Å². The van der Waals surface area contributed by atoms with Gasteiger partial charge in [0, 0.05) is 28.4 Å². The van der Waals surface area contributed by atoms with Crippen molar-refractivity contribution in [2.45, 2.75) is 38.8 Å². The van der Waals surface area contributed by atoms with Crippen LogP contribution in [-0.2, 0) is 16.0 Å². The summed E-state index contributed by atoms with van der Waals surface area (Å²) in [5.41, 5.74) is 0. The topological polar surface area (TPSA) is 49.8 Å². The number of thiophene rings is 1. The van der Waals surface area contributed by atoms with E-state index < -0.39 is 5.97 Å². The van der Waals surface area contributed by atoms with Gasteiger partial charge in [-0.1, -0.05) is 6.92 Å². The number of ether oxygens (including phenoxy) is 1. The zero-order chi connectivity index (χ0) is 13.8. The highest BCUT2D eigenvalue weighted by molar-refractivity contribution is 7.12. The largest absolute Gasteiger partial charge is 0.481 e. The molecular weight excluding hydrogens is 262 g/mol. The van der Waals surface area contributed by atoms with Crippen LogP contribution in [0.15, 0.2) is 12.1 Å². The molecule has 1 aliphatic heterocycles. The van der Waals surface area contributed by atoms with E-state index in [-0.39, 0.29) is 18.5 Å².